The van der Waals surface area contributed by atoms with Gasteiger partial charge >= 0.3 is 0 Å². The molecule has 0 aliphatic rings. The lowest BCUT2D eigenvalue weighted by atomic mass is 9.89. The maximum Gasteiger partial charge on any atom is 0.242 e. The third-order valence-corrected chi connectivity index (χ3v) is 2.92. The molecule has 1 unspecified atom stereocenters. The van der Waals surface area contributed by atoms with E-state index in [0.29, 0.717) is 12.3 Å². The number of primary amides is 1. The summed E-state index contributed by atoms with van der Waals surface area (Å²) in [6.45, 7) is 4.07. The molecule has 0 heterocycles. The number of methoxy groups -OCH3 is 1. The Hall–Kier alpha value is -1.62. The van der Waals surface area contributed by atoms with Crippen LogP contribution in [-0.4, -0.2) is 19.6 Å². The standard InChI is InChI=1S/C13H19FN2O2/c1-4-8-16-13(2,12(15)17)11-9(14)6-5-7-10(11)18-3/h5-7,16H,4,8H2,1-3H3,(H2,15,17). The molecule has 100 valence electrons. The summed E-state index contributed by atoms with van der Waals surface area (Å²) in [6.07, 6.45) is 0.805. The molecular formula is C13H19FN2O2. The second-order valence-corrected chi connectivity index (χ2v) is 4.23. The lowest BCUT2D eigenvalue weighted by Gasteiger charge is -2.29. The highest BCUT2D eigenvalue weighted by molar-refractivity contribution is 5.86. The van der Waals surface area contributed by atoms with Gasteiger partial charge in [0.05, 0.1) is 12.7 Å². The van der Waals surface area contributed by atoms with Gasteiger partial charge in [-0.2, -0.15) is 0 Å². The van der Waals surface area contributed by atoms with E-state index in [1.165, 1.54) is 19.2 Å². The number of nitrogens with one attached hydrogen (secondary N) is 1. The topological polar surface area (TPSA) is 64.3 Å². The average molecular weight is 254 g/mol. The highest BCUT2D eigenvalue weighted by Crippen LogP contribution is 2.32. The van der Waals surface area contributed by atoms with Crippen LogP contribution in [0.1, 0.15) is 25.8 Å². The molecule has 0 bridgehead atoms. The monoisotopic (exact) mass is 254 g/mol. The number of rotatable bonds is 6. The predicted molar refractivity (Wildman–Crippen MR) is 67.8 cm³/mol. The number of amides is 1. The normalized spacial score (nSPS) is 14.0. The summed E-state index contributed by atoms with van der Waals surface area (Å²) >= 11 is 0. The van der Waals surface area contributed by atoms with Gasteiger partial charge in [0, 0.05) is 0 Å². The zero-order valence-electron chi connectivity index (χ0n) is 10.9. The molecule has 0 spiro atoms. The Bertz CT molecular complexity index is 437. The molecule has 0 aromatic heterocycles. The summed E-state index contributed by atoms with van der Waals surface area (Å²) in [5.41, 5.74) is 4.27. The second-order valence-electron chi connectivity index (χ2n) is 4.23. The fourth-order valence-corrected chi connectivity index (χ4v) is 1.83. The number of ether oxygens (including phenoxy) is 1. The van der Waals surface area contributed by atoms with Gasteiger partial charge in [-0.25, -0.2) is 4.39 Å². The average Bonchev–Trinajstić information content (AvgIpc) is 2.35. The van der Waals surface area contributed by atoms with E-state index in [-0.39, 0.29) is 5.56 Å². The summed E-state index contributed by atoms with van der Waals surface area (Å²) < 4.78 is 19.1. The molecule has 18 heavy (non-hydrogen) atoms. The van der Waals surface area contributed by atoms with Gasteiger partial charge in [-0.15, -0.1) is 0 Å². The smallest absolute Gasteiger partial charge is 0.242 e. The Labute approximate surface area is 106 Å². The van der Waals surface area contributed by atoms with Gasteiger partial charge in [0.1, 0.15) is 17.1 Å². The van der Waals surface area contributed by atoms with Gasteiger partial charge in [0.25, 0.3) is 0 Å². The molecule has 4 nitrogen and oxygen atoms in total. The fourth-order valence-electron chi connectivity index (χ4n) is 1.83. The van der Waals surface area contributed by atoms with Gasteiger partial charge in [0.2, 0.25) is 5.91 Å². The zero-order chi connectivity index (χ0) is 13.8. The van der Waals surface area contributed by atoms with Crippen LogP contribution in [-0.2, 0) is 10.3 Å². The molecule has 0 aliphatic heterocycles. The van der Waals surface area contributed by atoms with Crippen molar-refractivity contribution in [1.82, 2.24) is 5.32 Å². The summed E-state index contributed by atoms with van der Waals surface area (Å²) in [5.74, 6) is -0.849. The van der Waals surface area contributed by atoms with E-state index >= 15 is 0 Å². The van der Waals surface area contributed by atoms with Crippen LogP contribution in [0.4, 0.5) is 4.39 Å². The van der Waals surface area contributed by atoms with E-state index in [1.54, 1.807) is 13.0 Å². The third kappa shape index (κ3) is 2.61. The van der Waals surface area contributed by atoms with Crippen molar-refractivity contribution in [2.24, 2.45) is 5.73 Å². The Morgan fingerprint density at radius 1 is 1.56 bits per heavy atom. The molecule has 1 amide bonds. The minimum absolute atomic E-state index is 0.147. The number of benzene rings is 1. The van der Waals surface area contributed by atoms with Crippen molar-refractivity contribution in [3.8, 4) is 5.75 Å². The number of hydrogen-bond acceptors (Lipinski definition) is 3. The largest absolute Gasteiger partial charge is 0.496 e. The molecule has 0 aliphatic carbocycles. The van der Waals surface area contributed by atoms with Crippen LogP contribution in [0.15, 0.2) is 18.2 Å². The Kier molecular flexibility index (Phi) is 4.67. The summed E-state index contributed by atoms with van der Waals surface area (Å²) in [7, 11) is 1.43. The molecule has 0 saturated carbocycles. The highest BCUT2D eigenvalue weighted by atomic mass is 19.1. The van der Waals surface area contributed by atoms with Crippen molar-refractivity contribution in [3.63, 3.8) is 0 Å². The summed E-state index contributed by atoms with van der Waals surface area (Å²) in [6, 6.07) is 4.42. The van der Waals surface area contributed by atoms with E-state index in [4.69, 9.17) is 10.5 Å². The first-order valence-corrected chi connectivity index (χ1v) is 5.85. The minimum Gasteiger partial charge on any atom is -0.496 e. The summed E-state index contributed by atoms with van der Waals surface area (Å²) in [4.78, 5) is 11.7. The predicted octanol–water partition coefficient (Wildman–Crippen LogP) is 1.53. The molecule has 0 fully saturated rings. The maximum absolute atomic E-state index is 14.0. The van der Waals surface area contributed by atoms with Gasteiger partial charge in [-0.3, -0.25) is 10.1 Å². The first-order chi connectivity index (χ1) is 8.47. The Balaban J connectivity index is 3.33. The van der Waals surface area contributed by atoms with Gasteiger partial charge < -0.3 is 10.5 Å². The first-order valence-electron chi connectivity index (χ1n) is 5.85. The molecule has 5 heteroatoms. The summed E-state index contributed by atoms with van der Waals surface area (Å²) in [5, 5.41) is 2.98. The van der Waals surface area contributed by atoms with E-state index in [2.05, 4.69) is 5.32 Å². The SMILES string of the molecule is CCCNC(C)(C(N)=O)c1c(F)cccc1OC. The molecule has 0 radical (unpaired) electrons. The molecule has 3 N–H and O–H groups in total. The van der Waals surface area contributed by atoms with E-state index in [0.717, 1.165) is 6.42 Å². The lowest BCUT2D eigenvalue weighted by Crippen LogP contribution is -2.51. The molecule has 0 saturated heterocycles. The first kappa shape index (κ1) is 14.4. The number of carbonyl (C=O) groups excluding carboxylic acids is 1. The molecule has 1 aromatic rings. The lowest BCUT2D eigenvalue weighted by molar-refractivity contribution is -0.124. The second kappa shape index (κ2) is 5.82. The Morgan fingerprint density at radius 3 is 2.72 bits per heavy atom. The third-order valence-electron chi connectivity index (χ3n) is 2.92. The van der Waals surface area contributed by atoms with Crippen LogP contribution >= 0.6 is 0 Å². The van der Waals surface area contributed by atoms with Crippen molar-refractivity contribution in [1.29, 1.82) is 0 Å². The van der Waals surface area contributed by atoms with Gasteiger partial charge in [-0.1, -0.05) is 13.0 Å². The molecule has 1 rings (SSSR count). The van der Waals surface area contributed by atoms with Crippen molar-refractivity contribution in [2.45, 2.75) is 25.8 Å². The number of nitrogens with two attached hydrogens (primary N) is 1. The number of halogens is 1. The Morgan fingerprint density at radius 2 is 2.22 bits per heavy atom. The number of hydrogen-bond donors (Lipinski definition) is 2. The van der Waals surface area contributed by atoms with Gasteiger partial charge in [0.15, 0.2) is 0 Å². The van der Waals surface area contributed by atoms with Crippen LogP contribution in [0.25, 0.3) is 0 Å². The van der Waals surface area contributed by atoms with E-state index in [9.17, 15) is 9.18 Å². The minimum atomic E-state index is -1.29. The van der Waals surface area contributed by atoms with Crippen LogP contribution in [0.5, 0.6) is 5.75 Å². The number of carbonyl (C=O) groups is 1. The van der Waals surface area contributed by atoms with E-state index < -0.39 is 17.3 Å². The van der Waals surface area contributed by atoms with Crippen LogP contribution < -0.4 is 15.8 Å². The van der Waals surface area contributed by atoms with Crippen LogP contribution in [0.3, 0.4) is 0 Å². The van der Waals surface area contributed by atoms with Crippen molar-refractivity contribution in [2.75, 3.05) is 13.7 Å². The molecular weight excluding hydrogens is 235 g/mol. The van der Waals surface area contributed by atoms with E-state index in [1.807, 2.05) is 6.92 Å². The van der Waals surface area contributed by atoms with Gasteiger partial charge in [-0.05, 0) is 32.0 Å². The highest BCUT2D eigenvalue weighted by Gasteiger charge is 2.37. The van der Waals surface area contributed by atoms with Crippen molar-refractivity contribution in [3.05, 3.63) is 29.6 Å². The molecule has 1 aromatic carbocycles. The van der Waals surface area contributed by atoms with Crippen molar-refractivity contribution >= 4 is 5.91 Å². The van der Waals surface area contributed by atoms with Crippen LogP contribution in [0.2, 0.25) is 0 Å². The fraction of sp³-hybridized carbons (Fsp3) is 0.462. The quantitative estimate of drug-likeness (QED) is 0.809. The zero-order valence-corrected chi connectivity index (χ0v) is 10.9. The van der Waals surface area contributed by atoms with Crippen LogP contribution in [0, 0.1) is 5.82 Å². The van der Waals surface area contributed by atoms with Crippen molar-refractivity contribution < 1.29 is 13.9 Å². The molecule has 1 atom stereocenters. The maximum atomic E-state index is 14.0.